The van der Waals surface area contributed by atoms with Crippen LogP contribution < -0.4 is 4.72 Å². The molecule has 0 saturated carbocycles. The Hall–Kier alpha value is -1.28. The number of rotatable bonds is 5. The summed E-state index contributed by atoms with van der Waals surface area (Å²) in [5, 5.41) is 9.43. The summed E-state index contributed by atoms with van der Waals surface area (Å²) in [7, 11) is -7.07. The van der Waals surface area contributed by atoms with Gasteiger partial charge in [0.05, 0.1) is 17.2 Å². The molecule has 0 spiro atoms. The number of hydrogen-bond donors (Lipinski definition) is 2. The molecule has 0 unspecified atom stereocenters. The number of benzene rings is 1. The molecule has 0 aliphatic carbocycles. The van der Waals surface area contributed by atoms with E-state index in [0.717, 1.165) is 6.26 Å². The predicted molar refractivity (Wildman–Crippen MR) is 70.0 cm³/mol. The standard InChI is InChI=1S/C10H15NO5S2/c1-8-3-4-9(7-10(8)12)11-18(15,16)6-5-17(2,13)14/h3-4,7,11-12H,5-6H2,1-2H3. The third-order valence-corrected chi connectivity index (χ3v) is 4.70. The van der Waals surface area contributed by atoms with Crippen molar-refractivity contribution in [1.29, 1.82) is 0 Å². The fourth-order valence-electron chi connectivity index (χ4n) is 1.16. The molecular formula is C10H15NO5S2. The highest BCUT2D eigenvalue weighted by Gasteiger charge is 2.14. The van der Waals surface area contributed by atoms with Crippen molar-refractivity contribution in [2.45, 2.75) is 6.92 Å². The van der Waals surface area contributed by atoms with E-state index in [1.165, 1.54) is 12.1 Å². The molecule has 1 aromatic rings. The van der Waals surface area contributed by atoms with Crippen molar-refractivity contribution >= 4 is 25.5 Å². The lowest BCUT2D eigenvalue weighted by Gasteiger charge is -2.08. The van der Waals surface area contributed by atoms with Crippen molar-refractivity contribution in [2.24, 2.45) is 0 Å². The zero-order valence-electron chi connectivity index (χ0n) is 10.0. The van der Waals surface area contributed by atoms with E-state index in [2.05, 4.69) is 4.72 Å². The van der Waals surface area contributed by atoms with Crippen LogP contribution in [0.25, 0.3) is 0 Å². The lowest BCUT2D eigenvalue weighted by atomic mass is 10.2. The lowest BCUT2D eigenvalue weighted by Crippen LogP contribution is -2.22. The molecule has 0 amide bonds. The van der Waals surface area contributed by atoms with Crippen LogP contribution in [0.5, 0.6) is 5.75 Å². The monoisotopic (exact) mass is 293 g/mol. The van der Waals surface area contributed by atoms with Crippen molar-refractivity contribution in [1.82, 2.24) is 0 Å². The third kappa shape index (κ3) is 4.92. The van der Waals surface area contributed by atoms with E-state index in [9.17, 15) is 21.9 Å². The molecule has 0 atom stereocenters. The minimum absolute atomic E-state index is 0.0293. The maximum atomic E-state index is 11.6. The molecule has 0 aliphatic rings. The largest absolute Gasteiger partial charge is 0.508 e. The smallest absolute Gasteiger partial charge is 0.233 e. The maximum absolute atomic E-state index is 11.6. The first-order valence-corrected chi connectivity index (χ1v) is 8.78. The van der Waals surface area contributed by atoms with Crippen LogP contribution in [-0.4, -0.2) is 39.7 Å². The van der Waals surface area contributed by atoms with E-state index in [0.29, 0.717) is 5.56 Å². The van der Waals surface area contributed by atoms with Gasteiger partial charge >= 0.3 is 0 Å². The number of phenols is 1. The Balaban J connectivity index is 2.80. The molecule has 0 fully saturated rings. The van der Waals surface area contributed by atoms with Crippen molar-refractivity contribution in [3.05, 3.63) is 23.8 Å². The molecule has 0 bridgehead atoms. The van der Waals surface area contributed by atoms with Gasteiger partial charge < -0.3 is 5.11 Å². The first kappa shape index (κ1) is 14.8. The Bertz CT molecular complexity index is 634. The Morgan fingerprint density at radius 3 is 2.28 bits per heavy atom. The normalized spacial score (nSPS) is 12.3. The van der Waals surface area contributed by atoms with E-state index in [-0.39, 0.29) is 11.4 Å². The highest BCUT2D eigenvalue weighted by atomic mass is 32.2. The van der Waals surface area contributed by atoms with E-state index >= 15 is 0 Å². The van der Waals surface area contributed by atoms with Crippen LogP contribution in [0.2, 0.25) is 0 Å². The van der Waals surface area contributed by atoms with Crippen molar-refractivity contribution in [3.63, 3.8) is 0 Å². The van der Waals surface area contributed by atoms with Gasteiger partial charge in [-0.05, 0) is 18.6 Å². The number of phenolic OH excluding ortho intramolecular Hbond substituents is 1. The van der Waals surface area contributed by atoms with Crippen LogP contribution in [0.15, 0.2) is 18.2 Å². The molecule has 6 nitrogen and oxygen atoms in total. The molecule has 0 saturated heterocycles. The summed E-state index contributed by atoms with van der Waals surface area (Å²) in [6.45, 7) is 1.68. The van der Waals surface area contributed by atoms with Gasteiger partial charge in [-0.15, -0.1) is 0 Å². The summed E-state index contributed by atoms with van der Waals surface area (Å²) in [5.41, 5.74) is 0.820. The van der Waals surface area contributed by atoms with Crippen LogP contribution in [0, 0.1) is 6.92 Å². The van der Waals surface area contributed by atoms with Gasteiger partial charge in [-0.25, -0.2) is 16.8 Å². The second kappa shape index (κ2) is 5.15. The average Bonchev–Trinajstić information content (AvgIpc) is 2.20. The van der Waals surface area contributed by atoms with Gasteiger partial charge in [0.25, 0.3) is 0 Å². The van der Waals surface area contributed by atoms with Crippen LogP contribution in [0.3, 0.4) is 0 Å². The van der Waals surface area contributed by atoms with E-state index in [4.69, 9.17) is 0 Å². The fraction of sp³-hybridized carbons (Fsp3) is 0.400. The maximum Gasteiger partial charge on any atom is 0.233 e. The summed E-state index contributed by atoms with van der Waals surface area (Å²) in [4.78, 5) is 0. The van der Waals surface area contributed by atoms with Gasteiger partial charge in [-0.1, -0.05) is 6.07 Å². The number of anilines is 1. The van der Waals surface area contributed by atoms with E-state index < -0.39 is 31.4 Å². The molecule has 0 aromatic heterocycles. The molecular weight excluding hydrogens is 278 g/mol. The molecule has 2 N–H and O–H groups in total. The number of aryl methyl sites for hydroxylation is 1. The second-order valence-electron chi connectivity index (χ2n) is 4.05. The first-order valence-electron chi connectivity index (χ1n) is 5.07. The molecule has 1 rings (SSSR count). The molecule has 1 aromatic carbocycles. The van der Waals surface area contributed by atoms with Crippen LogP contribution in [-0.2, 0) is 19.9 Å². The summed E-state index contributed by atoms with van der Waals surface area (Å²) in [5.74, 6) is -0.987. The molecule has 8 heteroatoms. The lowest BCUT2D eigenvalue weighted by molar-refractivity contribution is 0.471. The third-order valence-electron chi connectivity index (χ3n) is 2.21. The van der Waals surface area contributed by atoms with Gasteiger partial charge in [0, 0.05) is 12.3 Å². The van der Waals surface area contributed by atoms with E-state index in [1.54, 1.807) is 13.0 Å². The SMILES string of the molecule is Cc1ccc(NS(=O)(=O)CCS(C)(=O)=O)cc1O. The first-order chi connectivity index (χ1) is 8.09. The quantitative estimate of drug-likeness (QED) is 0.822. The number of sulfonamides is 1. The number of sulfone groups is 1. The summed E-state index contributed by atoms with van der Waals surface area (Å²) < 4.78 is 47.2. The zero-order valence-corrected chi connectivity index (χ0v) is 11.7. The van der Waals surface area contributed by atoms with Gasteiger partial charge in [-0.2, -0.15) is 0 Å². The average molecular weight is 293 g/mol. The summed E-state index contributed by atoms with van der Waals surface area (Å²) >= 11 is 0. The van der Waals surface area contributed by atoms with Gasteiger partial charge in [-0.3, -0.25) is 4.72 Å². The fourth-order valence-corrected chi connectivity index (χ4v) is 3.84. The van der Waals surface area contributed by atoms with Crippen molar-refractivity contribution in [3.8, 4) is 5.75 Å². The van der Waals surface area contributed by atoms with Crippen molar-refractivity contribution < 1.29 is 21.9 Å². The van der Waals surface area contributed by atoms with Crippen LogP contribution in [0.1, 0.15) is 5.56 Å². The molecule has 0 heterocycles. The zero-order chi connectivity index (χ0) is 14.0. The van der Waals surface area contributed by atoms with Gasteiger partial charge in [0.2, 0.25) is 10.0 Å². The molecule has 0 radical (unpaired) electrons. The van der Waals surface area contributed by atoms with Crippen molar-refractivity contribution in [2.75, 3.05) is 22.5 Å². The Labute approximate surface area is 107 Å². The second-order valence-corrected chi connectivity index (χ2v) is 8.15. The number of nitrogens with one attached hydrogen (secondary N) is 1. The summed E-state index contributed by atoms with van der Waals surface area (Å²) in [6.07, 6.45) is 0.972. The van der Waals surface area contributed by atoms with Crippen LogP contribution >= 0.6 is 0 Å². The van der Waals surface area contributed by atoms with Gasteiger partial charge in [0.15, 0.2) is 0 Å². The summed E-state index contributed by atoms with van der Waals surface area (Å²) in [6, 6.07) is 4.32. The minimum atomic E-state index is -3.74. The van der Waals surface area contributed by atoms with Gasteiger partial charge in [0.1, 0.15) is 15.6 Å². The van der Waals surface area contributed by atoms with Crippen LogP contribution in [0.4, 0.5) is 5.69 Å². The highest BCUT2D eigenvalue weighted by Crippen LogP contribution is 2.21. The Morgan fingerprint density at radius 2 is 1.78 bits per heavy atom. The molecule has 0 aliphatic heterocycles. The number of hydrogen-bond acceptors (Lipinski definition) is 5. The number of aromatic hydroxyl groups is 1. The topological polar surface area (TPSA) is 101 Å². The Kier molecular flexibility index (Phi) is 4.23. The Morgan fingerprint density at radius 1 is 1.17 bits per heavy atom. The predicted octanol–water partition coefficient (Wildman–Crippen LogP) is 0.487. The highest BCUT2D eigenvalue weighted by molar-refractivity contribution is 7.95. The molecule has 18 heavy (non-hydrogen) atoms. The molecule has 102 valence electrons. The minimum Gasteiger partial charge on any atom is -0.508 e. The van der Waals surface area contributed by atoms with E-state index in [1.807, 2.05) is 0 Å².